The molecule has 7 heteroatoms. The third-order valence-electron chi connectivity index (χ3n) is 1.19. The summed E-state index contributed by atoms with van der Waals surface area (Å²) in [6, 6.07) is 0.0357. The molecule has 0 aliphatic heterocycles. The van der Waals surface area contributed by atoms with Gasteiger partial charge in [-0.3, -0.25) is 0 Å². The van der Waals surface area contributed by atoms with E-state index in [2.05, 4.69) is 15.5 Å². The molecule has 0 aliphatic carbocycles. The Hall–Kier alpha value is -1.24. The molecule has 0 fully saturated rings. The van der Waals surface area contributed by atoms with Gasteiger partial charge in [0, 0.05) is 0 Å². The lowest BCUT2D eigenvalue weighted by Crippen LogP contribution is -2.27. The number of thioether (sulfide) groups is 1. The number of rotatable bonds is 2. The Morgan fingerprint density at radius 1 is 1.47 bits per heavy atom. The van der Waals surface area contributed by atoms with Gasteiger partial charge < -0.3 is 9.15 Å². The molecule has 0 bridgehead atoms. The lowest BCUT2D eigenvalue weighted by atomic mass is 10.2. The van der Waals surface area contributed by atoms with E-state index in [4.69, 9.17) is 9.15 Å². The Morgan fingerprint density at radius 2 is 2.13 bits per heavy atom. The van der Waals surface area contributed by atoms with E-state index in [0.29, 0.717) is 5.22 Å². The van der Waals surface area contributed by atoms with Crippen molar-refractivity contribution >= 4 is 23.9 Å². The highest BCUT2D eigenvalue weighted by molar-refractivity contribution is 7.98. The van der Waals surface area contributed by atoms with Crippen LogP contribution in [-0.4, -0.2) is 28.1 Å². The van der Waals surface area contributed by atoms with Gasteiger partial charge >= 0.3 is 12.1 Å². The molecule has 0 spiro atoms. The molecule has 0 unspecified atom stereocenters. The molecule has 0 saturated heterocycles. The van der Waals surface area contributed by atoms with E-state index in [9.17, 15) is 4.79 Å². The number of amides is 1. The standard InChI is InChI=1S/C8H13N3O3S/c1-8(2,3)14-6(12)9-5-10-11-7(13-5)15-4/h1-4H3,(H,9,10,12). The van der Waals surface area contributed by atoms with Crippen LogP contribution in [0.2, 0.25) is 0 Å². The summed E-state index contributed by atoms with van der Waals surface area (Å²) in [6.07, 6.45) is 1.18. The number of anilines is 1. The normalized spacial score (nSPS) is 11.2. The van der Waals surface area contributed by atoms with Crippen LogP contribution in [0.15, 0.2) is 9.64 Å². The Kier molecular flexibility index (Phi) is 3.57. The average molecular weight is 231 g/mol. The van der Waals surface area contributed by atoms with Crippen LogP contribution in [0, 0.1) is 0 Å². The van der Waals surface area contributed by atoms with Crippen LogP contribution in [0.1, 0.15) is 20.8 Å². The van der Waals surface area contributed by atoms with Gasteiger partial charge in [0.2, 0.25) is 0 Å². The first-order valence-corrected chi connectivity index (χ1v) is 5.50. The quantitative estimate of drug-likeness (QED) is 0.786. The van der Waals surface area contributed by atoms with Crippen LogP contribution in [-0.2, 0) is 4.74 Å². The van der Waals surface area contributed by atoms with Gasteiger partial charge in [0.1, 0.15) is 5.60 Å². The van der Waals surface area contributed by atoms with Crippen LogP contribution < -0.4 is 5.32 Å². The van der Waals surface area contributed by atoms with Crippen LogP contribution in [0.4, 0.5) is 10.8 Å². The maximum absolute atomic E-state index is 11.3. The Morgan fingerprint density at radius 3 is 2.60 bits per heavy atom. The molecule has 1 heterocycles. The van der Waals surface area contributed by atoms with E-state index >= 15 is 0 Å². The Balaban J connectivity index is 2.51. The molecule has 0 saturated carbocycles. The molecule has 84 valence electrons. The van der Waals surface area contributed by atoms with Crippen molar-refractivity contribution in [2.45, 2.75) is 31.6 Å². The summed E-state index contributed by atoms with van der Waals surface area (Å²) < 4.78 is 10.0. The van der Waals surface area contributed by atoms with Gasteiger partial charge in [-0.1, -0.05) is 22.0 Å². The van der Waals surface area contributed by atoms with Gasteiger partial charge in [-0.15, -0.1) is 0 Å². The second kappa shape index (κ2) is 4.52. The van der Waals surface area contributed by atoms with E-state index in [1.54, 1.807) is 27.0 Å². The van der Waals surface area contributed by atoms with Crippen LogP contribution in [0.25, 0.3) is 0 Å². The lowest BCUT2D eigenvalue weighted by molar-refractivity contribution is 0.0631. The van der Waals surface area contributed by atoms with Gasteiger partial charge in [-0.25, -0.2) is 10.1 Å². The largest absolute Gasteiger partial charge is 0.443 e. The summed E-state index contributed by atoms with van der Waals surface area (Å²) in [6.45, 7) is 5.31. The van der Waals surface area contributed by atoms with Crippen molar-refractivity contribution in [1.82, 2.24) is 10.2 Å². The predicted molar refractivity (Wildman–Crippen MR) is 55.9 cm³/mol. The summed E-state index contributed by atoms with van der Waals surface area (Å²) in [7, 11) is 0. The minimum absolute atomic E-state index is 0.0357. The first-order valence-electron chi connectivity index (χ1n) is 4.28. The lowest BCUT2D eigenvalue weighted by Gasteiger charge is -2.18. The van der Waals surface area contributed by atoms with E-state index < -0.39 is 11.7 Å². The first-order chi connectivity index (χ1) is 6.90. The maximum Gasteiger partial charge on any atom is 0.415 e. The minimum atomic E-state index is -0.612. The molecule has 6 nitrogen and oxygen atoms in total. The average Bonchev–Trinajstić information content (AvgIpc) is 2.48. The minimum Gasteiger partial charge on any atom is -0.443 e. The molecule has 0 radical (unpaired) electrons. The number of carbonyl (C=O) groups is 1. The summed E-state index contributed by atoms with van der Waals surface area (Å²) in [5, 5.41) is 10.00. The fraction of sp³-hybridized carbons (Fsp3) is 0.625. The van der Waals surface area contributed by atoms with Gasteiger partial charge in [0.05, 0.1) is 0 Å². The van der Waals surface area contributed by atoms with Crippen LogP contribution in [0.5, 0.6) is 0 Å². The molecule has 1 amide bonds. The van der Waals surface area contributed by atoms with Gasteiger partial charge in [-0.2, -0.15) is 0 Å². The summed E-state index contributed by atoms with van der Waals surface area (Å²) >= 11 is 1.30. The number of hydrogen-bond donors (Lipinski definition) is 1. The van der Waals surface area contributed by atoms with Crippen molar-refractivity contribution in [1.29, 1.82) is 0 Å². The zero-order chi connectivity index (χ0) is 11.5. The monoisotopic (exact) mass is 231 g/mol. The Bertz CT molecular complexity index is 345. The van der Waals surface area contributed by atoms with E-state index in [0.717, 1.165) is 0 Å². The van der Waals surface area contributed by atoms with E-state index in [1.165, 1.54) is 11.8 Å². The molecule has 1 aromatic rings. The zero-order valence-corrected chi connectivity index (χ0v) is 9.84. The van der Waals surface area contributed by atoms with E-state index in [1.807, 2.05) is 0 Å². The third kappa shape index (κ3) is 4.20. The molecule has 15 heavy (non-hydrogen) atoms. The highest BCUT2D eigenvalue weighted by Gasteiger charge is 2.18. The van der Waals surface area contributed by atoms with E-state index in [-0.39, 0.29) is 6.01 Å². The molecular weight excluding hydrogens is 218 g/mol. The fourth-order valence-electron chi connectivity index (χ4n) is 0.734. The fourth-order valence-corrected chi connectivity index (χ4v) is 1.02. The highest BCUT2D eigenvalue weighted by atomic mass is 32.2. The van der Waals surface area contributed by atoms with Crippen molar-refractivity contribution in [2.24, 2.45) is 0 Å². The molecular formula is C8H13N3O3S. The molecule has 1 rings (SSSR count). The Labute approximate surface area is 91.8 Å². The second-order valence-corrected chi connectivity index (χ2v) is 4.46. The first kappa shape index (κ1) is 11.8. The summed E-state index contributed by atoms with van der Waals surface area (Å²) in [4.78, 5) is 11.3. The summed E-state index contributed by atoms with van der Waals surface area (Å²) in [5.74, 6) is 0. The van der Waals surface area contributed by atoms with Gasteiger partial charge in [-0.05, 0) is 27.0 Å². The third-order valence-corrected chi connectivity index (χ3v) is 1.70. The van der Waals surface area contributed by atoms with Crippen molar-refractivity contribution < 1.29 is 13.9 Å². The molecule has 0 aromatic carbocycles. The SMILES string of the molecule is CSc1nnc(NC(=O)OC(C)(C)C)o1. The molecule has 1 N–H and O–H groups in total. The molecule has 0 aliphatic rings. The topological polar surface area (TPSA) is 77.2 Å². The predicted octanol–water partition coefficient (Wildman–Crippen LogP) is 2.14. The van der Waals surface area contributed by atoms with Crippen molar-refractivity contribution in [3.8, 4) is 0 Å². The van der Waals surface area contributed by atoms with Gasteiger partial charge in [0.15, 0.2) is 0 Å². The number of hydrogen-bond acceptors (Lipinski definition) is 6. The highest BCUT2D eigenvalue weighted by Crippen LogP contribution is 2.15. The number of aromatic nitrogens is 2. The van der Waals surface area contributed by atoms with Crippen LogP contribution in [0.3, 0.4) is 0 Å². The van der Waals surface area contributed by atoms with Gasteiger partial charge in [0.25, 0.3) is 5.22 Å². The smallest absolute Gasteiger partial charge is 0.415 e. The molecule has 1 aromatic heterocycles. The van der Waals surface area contributed by atoms with Crippen LogP contribution >= 0.6 is 11.8 Å². The molecule has 0 atom stereocenters. The number of nitrogens with zero attached hydrogens (tertiary/aromatic N) is 2. The zero-order valence-electron chi connectivity index (χ0n) is 9.03. The summed E-state index contributed by atoms with van der Waals surface area (Å²) in [5.41, 5.74) is -0.549. The number of ether oxygens (including phenoxy) is 1. The number of nitrogens with one attached hydrogen (secondary N) is 1. The second-order valence-electron chi connectivity index (χ2n) is 3.70. The number of carbonyl (C=O) groups excluding carboxylic acids is 1. The maximum atomic E-state index is 11.3. The van der Waals surface area contributed by atoms with Crippen molar-refractivity contribution in [2.75, 3.05) is 11.6 Å². The van der Waals surface area contributed by atoms with Crippen molar-refractivity contribution in [3.05, 3.63) is 0 Å². The van der Waals surface area contributed by atoms with Crippen molar-refractivity contribution in [3.63, 3.8) is 0 Å².